The van der Waals surface area contributed by atoms with Gasteiger partial charge >= 0.3 is 5.97 Å². The number of carbonyl (C=O) groups excluding carboxylic acids is 1. The molecule has 0 unspecified atom stereocenters. The Morgan fingerprint density at radius 1 is 0.963 bits per heavy atom. The van der Waals surface area contributed by atoms with Crippen molar-refractivity contribution in [3.63, 3.8) is 0 Å². The molecule has 4 heteroatoms. The second-order valence-corrected chi connectivity index (χ2v) is 13.0. The van der Waals surface area contributed by atoms with E-state index in [1.807, 2.05) is 39.0 Å². The van der Waals surface area contributed by atoms with Crippen LogP contribution in [0.5, 0.6) is 0 Å². The third-order valence-electron chi connectivity index (χ3n) is 6.21. The SMILES string of the molecule is CCOC(=O)C(C)(C)C(C)(C)/C=C(\O[Si](CC)(CC)CC)c1ccccc1. The maximum absolute atomic E-state index is 12.6. The summed E-state index contributed by atoms with van der Waals surface area (Å²) in [5.41, 5.74) is -0.0291. The number of benzene rings is 1. The monoisotopic (exact) mass is 390 g/mol. The summed E-state index contributed by atoms with van der Waals surface area (Å²) < 4.78 is 12.1. The van der Waals surface area contributed by atoms with Gasteiger partial charge in [-0.15, -0.1) is 0 Å². The van der Waals surface area contributed by atoms with Crippen molar-refractivity contribution in [3.8, 4) is 0 Å². The highest BCUT2D eigenvalue weighted by Gasteiger charge is 2.44. The van der Waals surface area contributed by atoms with Crippen LogP contribution in [-0.2, 0) is 14.0 Å². The summed E-state index contributed by atoms with van der Waals surface area (Å²) in [7, 11) is -1.85. The lowest BCUT2D eigenvalue weighted by Gasteiger charge is -2.39. The van der Waals surface area contributed by atoms with Crippen LogP contribution < -0.4 is 0 Å². The molecule has 0 saturated carbocycles. The summed E-state index contributed by atoms with van der Waals surface area (Å²) in [5, 5.41) is 0. The molecule has 0 aliphatic rings. The van der Waals surface area contributed by atoms with Crippen molar-refractivity contribution in [2.45, 2.75) is 73.5 Å². The maximum atomic E-state index is 12.6. The van der Waals surface area contributed by atoms with E-state index in [2.05, 4.69) is 52.8 Å². The van der Waals surface area contributed by atoms with Gasteiger partial charge in [-0.05, 0) is 45.0 Å². The van der Waals surface area contributed by atoms with Crippen LogP contribution >= 0.6 is 0 Å². The minimum absolute atomic E-state index is 0.177. The lowest BCUT2D eigenvalue weighted by molar-refractivity contribution is -0.158. The van der Waals surface area contributed by atoms with E-state index in [1.165, 1.54) is 0 Å². The van der Waals surface area contributed by atoms with Crippen LogP contribution in [0.4, 0.5) is 0 Å². The van der Waals surface area contributed by atoms with E-state index < -0.39 is 19.1 Å². The highest BCUT2D eigenvalue weighted by atomic mass is 28.4. The number of rotatable bonds is 10. The van der Waals surface area contributed by atoms with E-state index >= 15 is 0 Å². The van der Waals surface area contributed by atoms with Crippen molar-refractivity contribution < 1.29 is 14.0 Å². The summed E-state index contributed by atoms with van der Waals surface area (Å²) in [5.74, 6) is 0.721. The van der Waals surface area contributed by atoms with E-state index in [1.54, 1.807) is 0 Å². The predicted octanol–water partition coefficient (Wildman–Crippen LogP) is 6.66. The lowest BCUT2D eigenvalue weighted by atomic mass is 9.67. The van der Waals surface area contributed by atoms with Crippen LogP contribution in [0.25, 0.3) is 5.76 Å². The second-order valence-electron chi connectivity index (χ2n) is 8.29. The van der Waals surface area contributed by atoms with Crippen molar-refractivity contribution in [3.05, 3.63) is 42.0 Å². The molecular weight excluding hydrogens is 352 g/mol. The Morgan fingerprint density at radius 3 is 1.93 bits per heavy atom. The maximum Gasteiger partial charge on any atom is 0.312 e. The molecule has 1 aromatic rings. The van der Waals surface area contributed by atoms with Crippen LogP contribution in [-0.4, -0.2) is 20.9 Å². The van der Waals surface area contributed by atoms with Gasteiger partial charge in [0.25, 0.3) is 0 Å². The van der Waals surface area contributed by atoms with Crippen molar-refractivity contribution in [1.82, 2.24) is 0 Å². The summed E-state index contributed by atoms with van der Waals surface area (Å²) in [4.78, 5) is 12.6. The van der Waals surface area contributed by atoms with Gasteiger partial charge in [-0.3, -0.25) is 4.79 Å². The molecule has 0 spiro atoms. The molecule has 3 nitrogen and oxygen atoms in total. The largest absolute Gasteiger partial charge is 0.543 e. The summed E-state index contributed by atoms with van der Waals surface area (Å²) >= 11 is 0. The summed E-state index contributed by atoms with van der Waals surface area (Å²) in [6, 6.07) is 13.5. The van der Waals surface area contributed by atoms with Gasteiger partial charge in [0.05, 0.1) is 12.0 Å². The molecule has 0 amide bonds. The first-order valence-corrected chi connectivity index (χ1v) is 12.8. The van der Waals surface area contributed by atoms with Gasteiger partial charge in [-0.1, -0.05) is 65.0 Å². The topological polar surface area (TPSA) is 35.5 Å². The first kappa shape index (κ1) is 23.5. The average molecular weight is 391 g/mol. The first-order chi connectivity index (χ1) is 12.6. The fourth-order valence-corrected chi connectivity index (χ4v) is 5.63. The van der Waals surface area contributed by atoms with E-state index in [0.29, 0.717) is 6.61 Å². The molecule has 0 aromatic heterocycles. The van der Waals surface area contributed by atoms with Crippen molar-refractivity contribution in [2.24, 2.45) is 10.8 Å². The molecule has 0 fully saturated rings. The smallest absolute Gasteiger partial charge is 0.312 e. The zero-order chi connectivity index (χ0) is 20.7. The minimum atomic E-state index is -1.85. The normalized spacial score (nSPS) is 13.4. The number of ether oxygens (including phenoxy) is 1. The van der Waals surface area contributed by atoms with Crippen molar-refractivity contribution in [1.29, 1.82) is 0 Å². The van der Waals surface area contributed by atoms with Gasteiger partial charge in [0.2, 0.25) is 8.32 Å². The predicted molar refractivity (Wildman–Crippen MR) is 117 cm³/mol. The van der Waals surface area contributed by atoms with Crippen LogP contribution in [0.1, 0.15) is 61.0 Å². The lowest BCUT2D eigenvalue weighted by Crippen LogP contribution is -2.40. The molecule has 0 bridgehead atoms. The van der Waals surface area contributed by atoms with E-state index in [-0.39, 0.29) is 5.97 Å². The molecule has 0 N–H and O–H groups in total. The fraction of sp³-hybridized carbons (Fsp3) is 0.609. The zero-order valence-electron chi connectivity index (χ0n) is 18.5. The third-order valence-corrected chi connectivity index (χ3v) is 10.7. The van der Waals surface area contributed by atoms with E-state index in [9.17, 15) is 4.79 Å². The Kier molecular flexibility index (Phi) is 8.34. The van der Waals surface area contributed by atoms with E-state index in [0.717, 1.165) is 29.5 Å². The van der Waals surface area contributed by atoms with Gasteiger partial charge in [-0.25, -0.2) is 0 Å². The molecule has 0 radical (unpaired) electrons. The number of allylic oxidation sites excluding steroid dienone is 1. The molecule has 27 heavy (non-hydrogen) atoms. The molecule has 1 rings (SSSR count). The Morgan fingerprint density at radius 2 is 1.48 bits per heavy atom. The number of hydrogen-bond donors (Lipinski definition) is 0. The number of carbonyl (C=O) groups is 1. The number of esters is 1. The van der Waals surface area contributed by atoms with Crippen LogP contribution in [0.3, 0.4) is 0 Å². The molecular formula is C23H38O3Si. The minimum Gasteiger partial charge on any atom is -0.543 e. The molecule has 0 heterocycles. The van der Waals surface area contributed by atoms with Crippen LogP contribution in [0.2, 0.25) is 18.1 Å². The van der Waals surface area contributed by atoms with Crippen molar-refractivity contribution in [2.75, 3.05) is 6.61 Å². The standard InChI is InChI=1S/C23H38O3Si/c1-9-25-21(24)23(7,8)22(5,6)18-20(19-16-14-13-15-17-19)26-27(10-2,11-3)12-4/h13-18H,9-12H2,1-8H3/b20-18-. The fourth-order valence-electron chi connectivity index (χ4n) is 3.06. The molecule has 0 aliphatic carbocycles. The van der Waals surface area contributed by atoms with Gasteiger partial charge in [0.1, 0.15) is 5.76 Å². The second kappa shape index (κ2) is 9.58. The van der Waals surface area contributed by atoms with Crippen LogP contribution in [0, 0.1) is 10.8 Å². The Labute approximate surface area is 167 Å². The highest BCUT2D eigenvalue weighted by molar-refractivity contribution is 6.74. The Bertz CT molecular complexity index is 620. The Balaban J connectivity index is 3.43. The molecule has 0 aliphatic heterocycles. The quantitative estimate of drug-likeness (QED) is 0.254. The van der Waals surface area contributed by atoms with Crippen LogP contribution in [0.15, 0.2) is 36.4 Å². The molecule has 152 valence electrons. The van der Waals surface area contributed by atoms with E-state index in [4.69, 9.17) is 9.16 Å². The van der Waals surface area contributed by atoms with Gasteiger partial charge < -0.3 is 9.16 Å². The summed E-state index contributed by atoms with van der Waals surface area (Å²) in [6.45, 7) is 17.0. The zero-order valence-corrected chi connectivity index (χ0v) is 19.5. The molecule has 1 aromatic carbocycles. The number of hydrogen-bond acceptors (Lipinski definition) is 3. The molecule has 0 atom stereocenters. The van der Waals surface area contributed by atoms with Gasteiger partial charge in [0, 0.05) is 11.0 Å². The third kappa shape index (κ3) is 5.47. The molecule has 0 saturated heterocycles. The summed E-state index contributed by atoms with van der Waals surface area (Å²) in [6.07, 6.45) is 2.14. The van der Waals surface area contributed by atoms with Gasteiger partial charge in [-0.2, -0.15) is 0 Å². The van der Waals surface area contributed by atoms with Crippen molar-refractivity contribution >= 4 is 20.0 Å². The van der Waals surface area contributed by atoms with Gasteiger partial charge in [0.15, 0.2) is 0 Å². The Hall–Kier alpha value is -1.55. The average Bonchev–Trinajstić information content (AvgIpc) is 2.66. The first-order valence-electron chi connectivity index (χ1n) is 10.2. The highest BCUT2D eigenvalue weighted by Crippen LogP contribution is 2.43.